The molecule has 2 heterocycles. The Labute approximate surface area is 117 Å². The van der Waals surface area contributed by atoms with Crippen LogP contribution in [0.1, 0.15) is 13.8 Å². The van der Waals surface area contributed by atoms with Crippen molar-refractivity contribution in [3.05, 3.63) is 24.4 Å². The van der Waals surface area contributed by atoms with Crippen LogP contribution in [-0.2, 0) is 0 Å². The SMILES string of the molecule is CCN(CC)CCNc1nnc(-c2ccccn2)s1. The van der Waals surface area contributed by atoms with E-state index in [1.807, 2.05) is 18.2 Å². The minimum Gasteiger partial charge on any atom is -0.359 e. The van der Waals surface area contributed by atoms with Gasteiger partial charge >= 0.3 is 0 Å². The van der Waals surface area contributed by atoms with E-state index in [2.05, 4.69) is 39.2 Å². The first-order chi connectivity index (χ1) is 9.33. The van der Waals surface area contributed by atoms with Gasteiger partial charge in [-0.05, 0) is 25.2 Å². The largest absolute Gasteiger partial charge is 0.359 e. The third kappa shape index (κ3) is 3.97. The Hall–Kier alpha value is -1.53. The van der Waals surface area contributed by atoms with Crippen molar-refractivity contribution >= 4 is 16.5 Å². The van der Waals surface area contributed by atoms with Crippen molar-refractivity contribution in [3.8, 4) is 10.7 Å². The van der Waals surface area contributed by atoms with Crippen molar-refractivity contribution in [2.24, 2.45) is 0 Å². The van der Waals surface area contributed by atoms with Crippen LogP contribution in [0.15, 0.2) is 24.4 Å². The molecule has 0 unspecified atom stereocenters. The molecule has 0 aliphatic rings. The van der Waals surface area contributed by atoms with Crippen LogP contribution in [0.25, 0.3) is 10.7 Å². The number of nitrogens with zero attached hydrogens (tertiary/aromatic N) is 4. The Balaban J connectivity index is 1.88. The first-order valence-corrected chi connectivity index (χ1v) is 7.36. The predicted octanol–water partition coefficient (Wildman–Crippen LogP) is 2.35. The summed E-state index contributed by atoms with van der Waals surface area (Å²) in [4.78, 5) is 6.64. The summed E-state index contributed by atoms with van der Waals surface area (Å²) < 4.78 is 0. The second-order valence-corrected chi connectivity index (χ2v) is 5.06. The van der Waals surface area contributed by atoms with Crippen LogP contribution >= 0.6 is 11.3 Å². The Kier molecular flexibility index (Phi) is 5.23. The fourth-order valence-corrected chi connectivity index (χ4v) is 2.49. The molecule has 102 valence electrons. The Morgan fingerprint density at radius 2 is 2.05 bits per heavy atom. The van der Waals surface area contributed by atoms with Gasteiger partial charge in [0, 0.05) is 19.3 Å². The van der Waals surface area contributed by atoms with Crippen molar-refractivity contribution in [1.82, 2.24) is 20.1 Å². The molecule has 2 aromatic heterocycles. The van der Waals surface area contributed by atoms with Gasteiger partial charge in [-0.2, -0.15) is 0 Å². The molecule has 0 spiro atoms. The average molecular weight is 277 g/mol. The van der Waals surface area contributed by atoms with Crippen molar-refractivity contribution in [1.29, 1.82) is 0 Å². The third-order valence-corrected chi connectivity index (χ3v) is 3.81. The molecule has 0 aliphatic heterocycles. The summed E-state index contributed by atoms with van der Waals surface area (Å²) in [6.07, 6.45) is 1.77. The number of likely N-dealkylation sites (N-methyl/N-ethyl adjacent to an activating group) is 1. The van der Waals surface area contributed by atoms with Gasteiger partial charge in [-0.25, -0.2) is 0 Å². The Morgan fingerprint density at radius 1 is 1.21 bits per heavy atom. The van der Waals surface area contributed by atoms with Crippen molar-refractivity contribution in [3.63, 3.8) is 0 Å². The minimum atomic E-state index is 0.853. The second kappa shape index (κ2) is 7.16. The molecule has 2 rings (SSSR count). The first-order valence-electron chi connectivity index (χ1n) is 6.54. The Morgan fingerprint density at radius 3 is 2.74 bits per heavy atom. The predicted molar refractivity (Wildman–Crippen MR) is 79.4 cm³/mol. The van der Waals surface area contributed by atoms with Gasteiger partial charge in [0.25, 0.3) is 0 Å². The van der Waals surface area contributed by atoms with Crippen molar-refractivity contribution in [2.75, 3.05) is 31.5 Å². The highest BCUT2D eigenvalue weighted by Crippen LogP contribution is 2.23. The maximum absolute atomic E-state index is 4.27. The van der Waals surface area contributed by atoms with Gasteiger partial charge in [0.15, 0.2) is 5.01 Å². The van der Waals surface area contributed by atoms with Crippen LogP contribution in [0, 0.1) is 0 Å². The number of hydrogen-bond donors (Lipinski definition) is 1. The number of rotatable bonds is 7. The highest BCUT2D eigenvalue weighted by atomic mass is 32.1. The molecule has 19 heavy (non-hydrogen) atoms. The molecule has 0 aromatic carbocycles. The first kappa shape index (κ1) is 13.9. The van der Waals surface area contributed by atoms with E-state index in [1.165, 1.54) is 11.3 Å². The maximum Gasteiger partial charge on any atom is 0.206 e. The monoisotopic (exact) mass is 277 g/mol. The summed E-state index contributed by atoms with van der Waals surface area (Å²) in [6, 6.07) is 5.80. The smallest absolute Gasteiger partial charge is 0.206 e. The van der Waals surface area contributed by atoms with Gasteiger partial charge < -0.3 is 10.2 Å². The number of hydrogen-bond acceptors (Lipinski definition) is 6. The molecule has 2 aromatic rings. The topological polar surface area (TPSA) is 53.9 Å². The molecule has 1 N–H and O–H groups in total. The lowest BCUT2D eigenvalue weighted by Crippen LogP contribution is -2.28. The lowest BCUT2D eigenvalue weighted by molar-refractivity contribution is 0.316. The number of aromatic nitrogens is 3. The van der Waals surface area contributed by atoms with Crippen molar-refractivity contribution in [2.45, 2.75) is 13.8 Å². The fourth-order valence-electron chi connectivity index (χ4n) is 1.75. The molecule has 0 aliphatic carbocycles. The van der Waals surface area contributed by atoms with Crippen LogP contribution in [0.2, 0.25) is 0 Å². The molecule has 0 saturated carbocycles. The molecular weight excluding hydrogens is 258 g/mol. The third-order valence-electron chi connectivity index (χ3n) is 2.91. The fraction of sp³-hybridized carbons (Fsp3) is 0.462. The van der Waals surface area contributed by atoms with Crippen LogP contribution < -0.4 is 5.32 Å². The van der Waals surface area contributed by atoms with Crippen LogP contribution in [-0.4, -0.2) is 46.3 Å². The van der Waals surface area contributed by atoms with E-state index < -0.39 is 0 Å². The summed E-state index contributed by atoms with van der Waals surface area (Å²) in [5.41, 5.74) is 0.872. The van der Waals surface area contributed by atoms with Crippen LogP contribution in [0.5, 0.6) is 0 Å². The van der Waals surface area contributed by atoms with Gasteiger partial charge in [-0.1, -0.05) is 31.3 Å². The highest BCUT2D eigenvalue weighted by Gasteiger charge is 2.07. The summed E-state index contributed by atoms with van der Waals surface area (Å²) in [6.45, 7) is 8.41. The summed E-state index contributed by atoms with van der Waals surface area (Å²) in [5.74, 6) is 0. The molecule has 0 fully saturated rings. The molecule has 0 amide bonds. The van der Waals surface area contributed by atoms with Gasteiger partial charge in [0.2, 0.25) is 5.13 Å². The number of nitrogens with one attached hydrogen (secondary N) is 1. The van der Waals surface area contributed by atoms with Crippen LogP contribution in [0.4, 0.5) is 5.13 Å². The average Bonchev–Trinajstić information content (AvgIpc) is 2.93. The van der Waals surface area contributed by atoms with Gasteiger partial charge in [0.05, 0.1) is 0 Å². The molecule has 0 radical (unpaired) electrons. The normalized spacial score (nSPS) is 10.9. The second-order valence-electron chi connectivity index (χ2n) is 4.08. The van der Waals surface area contributed by atoms with E-state index in [4.69, 9.17) is 0 Å². The number of pyridine rings is 1. The molecule has 0 saturated heterocycles. The minimum absolute atomic E-state index is 0.853. The summed E-state index contributed by atoms with van der Waals surface area (Å²) in [5, 5.41) is 13.3. The number of anilines is 1. The summed E-state index contributed by atoms with van der Waals surface area (Å²) in [7, 11) is 0. The van der Waals surface area contributed by atoms with E-state index in [9.17, 15) is 0 Å². The molecule has 0 bridgehead atoms. The molecule has 5 nitrogen and oxygen atoms in total. The van der Waals surface area contributed by atoms with Gasteiger partial charge in [-0.15, -0.1) is 10.2 Å². The van der Waals surface area contributed by atoms with Crippen LogP contribution in [0.3, 0.4) is 0 Å². The molecule has 6 heteroatoms. The highest BCUT2D eigenvalue weighted by molar-refractivity contribution is 7.18. The van der Waals surface area contributed by atoms with E-state index in [1.54, 1.807) is 6.20 Å². The van der Waals surface area contributed by atoms with E-state index >= 15 is 0 Å². The van der Waals surface area contributed by atoms with Gasteiger partial charge in [0.1, 0.15) is 5.69 Å². The molecule has 0 atom stereocenters. The zero-order valence-electron chi connectivity index (χ0n) is 11.3. The zero-order valence-corrected chi connectivity index (χ0v) is 12.2. The van der Waals surface area contributed by atoms with E-state index in [-0.39, 0.29) is 0 Å². The maximum atomic E-state index is 4.27. The van der Waals surface area contributed by atoms with Crippen molar-refractivity contribution < 1.29 is 0 Å². The molecular formula is C13H19N5S. The Bertz CT molecular complexity index is 481. The van der Waals surface area contributed by atoms with Gasteiger partial charge in [-0.3, -0.25) is 4.98 Å². The van der Waals surface area contributed by atoms with E-state index in [0.717, 1.165) is 42.0 Å². The quantitative estimate of drug-likeness (QED) is 0.842. The zero-order chi connectivity index (χ0) is 13.5. The standard InChI is InChI=1S/C13H19N5S/c1-3-18(4-2)10-9-15-13-17-16-12(19-13)11-7-5-6-8-14-11/h5-8H,3-4,9-10H2,1-2H3,(H,15,17). The summed E-state index contributed by atoms with van der Waals surface area (Å²) >= 11 is 1.54. The lowest BCUT2D eigenvalue weighted by atomic mass is 10.4. The van der Waals surface area contributed by atoms with E-state index in [0.29, 0.717) is 0 Å². The lowest BCUT2D eigenvalue weighted by Gasteiger charge is -2.17.